The molecule has 0 bridgehead atoms. The van der Waals surface area contributed by atoms with Crippen LogP contribution in [0.15, 0.2) is 34.9 Å². The van der Waals surface area contributed by atoms with Crippen LogP contribution in [0.4, 0.5) is 5.69 Å². The molecule has 1 aromatic carbocycles. The molecule has 0 aliphatic heterocycles. The highest BCUT2D eigenvalue weighted by molar-refractivity contribution is 5.62. The Labute approximate surface area is 125 Å². The van der Waals surface area contributed by atoms with Gasteiger partial charge in [0, 0.05) is 31.3 Å². The van der Waals surface area contributed by atoms with Crippen LogP contribution in [-0.2, 0) is 4.74 Å². The number of rotatable bonds is 4. The van der Waals surface area contributed by atoms with Crippen molar-refractivity contribution in [2.45, 2.75) is 44.8 Å². The van der Waals surface area contributed by atoms with Crippen LogP contribution >= 0.6 is 0 Å². The molecule has 2 atom stereocenters. The van der Waals surface area contributed by atoms with Crippen molar-refractivity contribution in [3.8, 4) is 11.3 Å². The molecule has 0 spiro atoms. The molecule has 1 N–H and O–H groups in total. The summed E-state index contributed by atoms with van der Waals surface area (Å²) in [4.78, 5) is 4.34. The van der Waals surface area contributed by atoms with Crippen LogP contribution in [0, 0.1) is 6.92 Å². The minimum absolute atomic E-state index is 0.397. The van der Waals surface area contributed by atoms with E-state index in [0.717, 1.165) is 23.4 Å². The number of oxazole rings is 1. The van der Waals surface area contributed by atoms with Gasteiger partial charge in [0.05, 0.1) is 6.10 Å². The van der Waals surface area contributed by atoms with Gasteiger partial charge in [0.1, 0.15) is 12.0 Å². The summed E-state index contributed by atoms with van der Waals surface area (Å²) in [6, 6.07) is 8.88. The first-order valence-electron chi connectivity index (χ1n) is 7.56. The van der Waals surface area contributed by atoms with E-state index >= 15 is 0 Å². The number of aromatic nitrogens is 1. The third-order valence-corrected chi connectivity index (χ3v) is 4.13. The van der Waals surface area contributed by atoms with Crippen molar-refractivity contribution in [3.05, 3.63) is 36.4 Å². The van der Waals surface area contributed by atoms with Gasteiger partial charge in [-0.05, 0) is 37.8 Å². The third-order valence-electron chi connectivity index (χ3n) is 4.13. The number of hydrogen-bond donors (Lipinski definition) is 1. The van der Waals surface area contributed by atoms with Gasteiger partial charge in [-0.1, -0.05) is 12.1 Å². The monoisotopic (exact) mass is 286 g/mol. The number of nitrogens with zero attached hydrogens (tertiary/aromatic N) is 1. The highest BCUT2D eigenvalue weighted by Crippen LogP contribution is 2.25. The standard InChI is InChI=1S/C17H22N2O2/c1-12-18-17(11-21-12)13-6-8-14(9-7-13)19-15-4-3-5-16(10-15)20-2/h6-9,11,15-16,19H,3-5,10H2,1-2H3. The molecule has 2 unspecified atom stereocenters. The molecule has 0 amide bonds. The second kappa shape index (κ2) is 6.31. The SMILES string of the molecule is COC1CCCC(Nc2ccc(-c3coc(C)n3)cc2)C1. The van der Waals surface area contributed by atoms with Crippen molar-refractivity contribution in [2.24, 2.45) is 0 Å². The zero-order valence-corrected chi connectivity index (χ0v) is 12.6. The lowest BCUT2D eigenvalue weighted by atomic mass is 9.92. The molecule has 3 rings (SSSR count). The van der Waals surface area contributed by atoms with Gasteiger partial charge in [-0.2, -0.15) is 0 Å². The van der Waals surface area contributed by atoms with E-state index in [4.69, 9.17) is 9.15 Å². The number of benzene rings is 1. The zero-order chi connectivity index (χ0) is 14.7. The van der Waals surface area contributed by atoms with Crippen LogP contribution < -0.4 is 5.32 Å². The van der Waals surface area contributed by atoms with E-state index in [1.807, 2.05) is 14.0 Å². The smallest absolute Gasteiger partial charge is 0.191 e. The molecule has 21 heavy (non-hydrogen) atoms. The molecule has 1 heterocycles. The first kappa shape index (κ1) is 14.1. The predicted octanol–water partition coefficient (Wildman–Crippen LogP) is 4.02. The highest BCUT2D eigenvalue weighted by atomic mass is 16.5. The fourth-order valence-corrected chi connectivity index (χ4v) is 2.96. The Hall–Kier alpha value is -1.81. The number of methoxy groups -OCH3 is 1. The zero-order valence-electron chi connectivity index (χ0n) is 12.6. The van der Waals surface area contributed by atoms with Crippen molar-refractivity contribution < 1.29 is 9.15 Å². The summed E-state index contributed by atoms with van der Waals surface area (Å²) < 4.78 is 10.7. The molecule has 1 aromatic heterocycles. The topological polar surface area (TPSA) is 47.3 Å². The molecule has 1 saturated carbocycles. The number of ether oxygens (including phenoxy) is 1. The van der Waals surface area contributed by atoms with Gasteiger partial charge >= 0.3 is 0 Å². The van der Waals surface area contributed by atoms with E-state index in [0.29, 0.717) is 18.0 Å². The molecule has 1 aliphatic rings. The highest BCUT2D eigenvalue weighted by Gasteiger charge is 2.21. The molecule has 2 aromatic rings. The summed E-state index contributed by atoms with van der Waals surface area (Å²) >= 11 is 0. The Bertz CT molecular complexity index is 577. The van der Waals surface area contributed by atoms with Crippen LogP contribution in [0.25, 0.3) is 11.3 Å². The first-order chi connectivity index (χ1) is 10.2. The van der Waals surface area contributed by atoms with E-state index in [-0.39, 0.29) is 0 Å². The van der Waals surface area contributed by atoms with Crippen LogP contribution in [0.5, 0.6) is 0 Å². The van der Waals surface area contributed by atoms with Gasteiger partial charge in [0.2, 0.25) is 0 Å². The van der Waals surface area contributed by atoms with Crippen LogP contribution in [0.2, 0.25) is 0 Å². The van der Waals surface area contributed by atoms with Gasteiger partial charge in [-0.15, -0.1) is 0 Å². The van der Waals surface area contributed by atoms with Crippen molar-refractivity contribution >= 4 is 5.69 Å². The quantitative estimate of drug-likeness (QED) is 0.922. The Morgan fingerprint density at radius 2 is 2.05 bits per heavy atom. The van der Waals surface area contributed by atoms with Gasteiger partial charge < -0.3 is 14.5 Å². The lowest BCUT2D eigenvalue weighted by Crippen LogP contribution is -2.30. The summed E-state index contributed by atoms with van der Waals surface area (Å²) in [5, 5.41) is 3.61. The van der Waals surface area contributed by atoms with Crippen LogP contribution in [0.3, 0.4) is 0 Å². The van der Waals surface area contributed by atoms with Crippen molar-refractivity contribution in [2.75, 3.05) is 12.4 Å². The van der Waals surface area contributed by atoms with E-state index < -0.39 is 0 Å². The van der Waals surface area contributed by atoms with E-state index in [1.54, 1.807) is 6.26 Å². The van der Waals surface area contributed by atoms with Gasteiger partial charge in [0.25, 0.3) is 0 Å². The Morgan fingerprint density at radius 1 is 1.24 bits per heavy atom. The Balaban J connectivity index is 1.64. The summed E-state index contributed by atoms with van der Waals surface area (Å²) in [5.74, 6) is 0.694. The van der Waals surface area contributed by atoms with Crippen LogP contribution in [-0.4, -0.2) is 24.2 Å². The van der Waals surface area contributed by atoms with Crippen molar-refractivity contribution in [1.29, 1.82) is 0 Å². The minimum atomic E-state index is 0.397. The van der Waals surface area contributed by atoms with E-state index in [2.05, 4.69) is 34.6 Å². The minimum Gasteiger partial charge on any atom is -0.449 e. The predicted molar refractivity (Wildman–Crippen MR) is 83.4 cm³/mol. The van der Waals surface area contributed by atoms with E-state index in [1.165, 1.54) is 19.3 Å². The van der Waals surface area contributed by atoms with Crippen LogP contribution in [0.1, 0.15) is 31.6 Å². The number of anilines is 1. The molecular formula is C17H22N2O2. The maximum atomic E-state index is 5.48. The second-order valence-corrected chi connectivity index (χ2v) is 5.69. The first-order valence-corrected chi connectivity index (χ1v) is 7.56. The fourth-order valence-electron chi connectivity index (χ4n) is 2.96. The average Bonchev–Trinajstić information content (AvgIpc) is 2.95. The average molecular weight is 286 g/mol. The molecule has 4 heteroatoms. The molecular weight excluding hydrogens is 264 g/mol. The normalized spacial score (nSPS) is 22.2. The lowest BCUT2D eigenvalue weighted by molar-refractivity contribution is 0.0669. The fraction of sp³-hybridized carbons (Fsp3) is 0.471. The molecule has 1 aliphatic carbocycles. The number of nitrogens with one attached hydrogen (secondary N) is 1. The molecule has 112 valence electrons. The summed E-state index contributed by atoms with van der Waals surface area (Å²) in [7, 11) is 1.81. The summed E-state index contributed by atoms with van der Waals surface area (Å²) in [5.41, 5.74) is 3.12. The molecule has 4 nitrogen and oxygen atoms in total. The Morgan fingerprint density at radius 3 is 2.71 bits per heavy atom. The number of hydrogen-bond acceptors (Lipinski definition) is 4. The largest absolute Gasteiger partial charge is 0.449 e. The maximum absolute atomic E-state index is 5.48. The van der Waals surface area contributed by atoms with E-state index in [9.17, 15) is 0 Å². The maximum Gasteiger partial charge on any atom is 0.191 e. The van der Waals surface area contributed by atoms with Crippen molar-refractivity contribution in [1.82, 2.24) is 4.98 Å². The molecule has 0 saturated heterocycles. The summed E-state index contributed by atoms with van der Waals surface area (Å²) in [6.07, 6.45) is 6.80. The molecule has 1 fully saturated rings. The molecule has 0 radical (unpaired) electrons. The Kier molecular flexibility index (Phi) is 4.25. The summed E-state index contributed by atoms with van der Waals surface area (Å²) in [6.45, 7) is 1.86. The lowest BCUT2D eigenvalue weighted by Gasteiger charge is -2.29. The van der Waals surface area contributed by atoms with Gasteiger partial charge in [0.15, 0.2) is 5.89 Å². The van der Waals surface area contributed by atoms with Crippen molar-refractivity contribution in [3.63, 3.8) is 0 Å². The van der Waals surface area contributed by atoms with Gasteiger partial charge in [-0.25, -0.2) is 4.98 Å². The third kappa shape index (κ3) is 3.45. The van der Waals surface area contributed by atoms with Gasteiger partial charge in [-0.3, -0.25) is 0 Å². The number of aryl methyl sites for hydroxylation is 1. The second-order valence-electron chi connectivity index (χ2n) is 5.69.